The molecular weight excluding hydrogens is 1170 g/mol. The summed E-state index contributed by atoms with van der Waals surface area (Å²) in [4.78, 5) is 27.4. The molecule has 28 nitrogen and oxygen atoms in total. The van der Waals surface area contributed by atoms with Crippen LogP contribution in [-0.2, 0) is 90.9 Å². The molecule has 9 aliphatic rings. The minimum atomic E-state index is -5.19. The van der Waals surface area contributed by atoms with Gasteiger partial charge in [0.05, 0.1) is 43.4 Å². The minimum absolute atomic E-state index is 0.0239. The molecule has 0 bridgehead atoms. The van der Waals surface area contributed by atoms with Crippen LogP contribution in [0.3, 0.4) is 0 Å². The summed E-state index contributed by atoms with van der Waals surface area (Å²) in [6.45, 7) is 15.2. The van der Waals surface area contributed by atoms with Crippen LogP contribution in [0.4, 0.5) is 0 Å². The lowest BCUT2D eigenvalue weighted by Crippen LogP contribution is -2.65. The smallest absolute Gasteiger partial charge is 0.397 e. The van der Waals surface area contributed by atoms with Gasteiger partial charge in [0.15, 0.2) is 25.2 Å². The van der Waals surface area contributed by atoms with Crippen LogP contribution in [0.25, 0.3) is 0 Å². The molecular formula is C55H86O28S2. The van der Waals surface area contributed by atoms with Crippen LogP contribution in [0.5, 0.6) is 0 Å². The lowest BCUT2D eigenvalue weighted by atomic mass is 9.41. The molecule has 3 saturated carbocycles. The van der Waals surface area contributed by atoms with Crippen LogP contribution in [0.15, 0.2) is 23.3 Å². The van der Waals surface area contributed by atoms with E-state index in [9.17, 15) is 66.7 Å². The van der Waals surface area contributed by atoms with Crippen molar-refractivity contribution in [2.24, 2.45) is 39.4 Å². The number of fused-ring (bicyclic) bond motifs is 4. The number of allylic oxidation sites excluding steroid dienone is 4. The van der Waals surface area contributed by atoms with Crippen molar-refractivity contribution in [3.05, 3.63) is 23.3 Å². The first-order chi connectivity index (χ1) is 39.5. The number of aliphatic hydroxyl groups is 7. The highest BCUT2D eigenvalue weighted by Crippen LogP contribution is 2.77. The van der Waals surface area contributed by atoms with Crippen molar-refractivity contribution in [2.45, 2.75) is 242 Å². The van der Waals surface area contributed by atoms with E-state index >= 15 is 0 Å². The highest BCUT2D eigenvalue weighted by Gasteiger charge is 2.79. The van der Waals surface area contributed by atoms with Crippen molar-refractivity contribution in [3.8, 4) is 0 Å². The zero-order valence-corrected chi connectivity index (χ0v) is 50.9. The number of methoxy groups -OCH3 is 1. The molecule has 5 heterocycles. The Kier molecular flexibility index (Phi) is 19.4. The summed E-state index contributed by atoms with van der Waals surface area (Å²) in [6, 6.07) is 0. The van der Waals surface area contributed by atoms with Gasteiger partial charge in [-0.05, 0) is 102 Å². The van der Waals surface area contributed by atoms with Crippen molar-refractivity contribution >= 4 is 32.7 Å². The molecule has 0 aromatic rings. The SMILES string of the molecule is CO[C@@H]1[C@@H](O)[C@H](O[C@@H]2[C@@H](O)[C@H](O[C@H]3[C@@H](O)[C@@H](O)[C@H](O[C@H]4[C@H](O[C@H]5CC[C@]6(C)[C@@H]7CC[C@]89C(=O)O[C@@](C)(CCC=C(C)C)[C@H]8[C@@H](OC(C)=O)C[C@@]9(C)C7=CC[C@H]6C5(C)C)OC[C@@H](OS(=O)(=O)O)[C@@H]4O)O[C@@H]3C)OC[C@H]2O)O[C@H](COS(=O)(=O)O)[C@H]1O. The third-order valence-electron chi connectivity index (χ3n) is 20.4. The minimum Gasteiger partial charge on any atom is -0.462 e. The number of rotatable bonds is 18. The van der Waals surface area contributed by atoms with E-state index in [1.165, 1.54) is 19.4 Å². The fourth-order valence-corrected chi connectivity index (χ4v) is 17.2. The van der Waals surface area contributed by atoms with Gasteiger partial charge in [-0.1, -0.05) is 51.0 Å². The van der Waals surface area contributed by atoms with E-state index in [-0.39, 0.29) is 29.1 Å². The van der Waals surface area contributed by atoms with E-state index in [0.29, 0.717) is 51.4 Å². The van der Waals surface area contributed by atoms with Crippen LogP contribution < -0.4 is 0 Å². The van der Waals surface area contributed by atoms with Gasteiger partial charge < -0.3 is 87.9 Å². The number of ether oxygens (including phenoxy) is 11. The normalized spacial score (nSPS) is 48.0. The summed E-state index contributed by atoms with van der Waals surface area (Å²) >= 11 is 0. The first kappa shape index (κ1) is 66.9. The molecule has 30 heteroatoms. The van der Waals surface area contributed by atoms with E-state index in [2.05, 4.69) is 44.0 Å². The molecule has 5 saturated heterocycles. The number of carbonyl (C=O) groups is 2. The molecule has 0 radical (unpaired) electrons. The van der Waals surface area contributed by atoms with Gasteiger partial charge in [-0.15, -0.1) is 0 Å². The lowest BCUT2D eigenvalue weighted by molar-refractivity contribution is -0.382. The summed E-state index contributed by atoms with van der Waals surface area (Å²) in [5.41, 5.74) is -1.15. The van der Waals surface area contributed by atoms with Crippen LogP contribution in [0.2, 0.25) is 0 Å². The highest BCUT2D eigenvalue weighted by molar-refractivity contribution is 7.81. The molecule has 0 aromatic heterocycles. The predicted octanol–water partition coefficient (Wildman–Crippen LogP) is 0.447. The number of esters is 2. The van der Waals surface area contributed by atoms with Crippen molar-refractivity contribution in [1.82, 2.24) is 0 Å². The number of hydrogen-bond acceptors (Lipinski definition) is 26. The maximum absolute atomic E-state index is 14.7. The number of cyclic esters (lactones) is 1. The van der Waals surface area contributed by atoms with Gasteiger partial charge in [-0.25, -0.2) is 8.37 Å². The van der Waals surface area contributed by atoms with Gasteiger partial charge in [-0.3, -0.25) is 18.7 Å². The number of aliphatic hydroxyl groups excluding tert-OH is 7. The Bertz CT molecular complexity index is 2730. The van der Waals surface area contributed by atoms with Gasteiger partial charge in [0.1, 0.15) is 91.1 Å². The Morgan fingerprint density at radius 2 is 1.38 bits per heavy atom. The molecule has 0 unspecified atom stereocenters. The summed E-state index contributed by atoms with van der Waals surface area (Å²) in [5, 5.41) is 79.1. The maximum Gasteiger partial charge on any atom is 0.397 e. The average Bonchev–Trinajstić information content (AvgIpc) is 1.53. The van der Waals surface area contributed by atoms with Crippen LogP contribution >= 0.6 is 0 Å². The number of carbonyl (C=O) groups excluding carboxylic acids is 2. The summed E-state index contributed by atoms with van der Waals surface area (Å²) < 4.78 is 140. The lowest BCUT2D eigenvalue weighted by Gasteiger charge is -2.64. The zero-order valence-electron chi connectivity index (χ0n) is 49.3. The second-order valence-corrected chi connectivity index (χ2v) is 28.3. The van der Waals surface area contributed by atoms with Crippen molar-refractivity contribution in [1.29, 1.82) is 0 Å². The molecule has 486 valence electrons. The maximum atomic E-state index is 14.7. The Balaban J connectivity index is 0.899. The molecule has 5 aliphatic heterocycles. The van der Waals surface area contributed by atoms with E-state index in [1.54, 1.807) is 0 Å². The fourth-order valence-electron chi connectivity index (χ4n) is 16.4. The topological polar surface area (TPSA) is 404 Å². The second kappa shape index (κ2) is 24.6. The summed E-state index contributed by atoms with van der Waals surface area (Å²) in [7, 11) is -9.10. The van der Waals surface area contributed by atoms with Crippen molar-refractivity contribution in [3.63, 3.8) is 0 Å². The molecule has 9 N–H and O–H groups in total. The summed E-state index contributed by atoms with van der Waals surface area (Å²) in [5.74, 6) is -1.05. The summed E-state index contributed by atoms with van der Waals surface area (Å²) in [6.07, 6.45) is -23.3. The third-order valence-corrected chi connectivity index (χ3v) is 21.3. The van der Waals surface area contributed by atoms with Crippen LogP contribution in [0, 0.1) is 39.4 Å². The Morgan fingerprint density at radius 3 is 2.02 bits per heavy atom. The monoisotopic (exact) mass is 1260 g/mol. The predicted molar refractivity (Wildman–Crippen MR) is 286 cm³/mol. The molecule has 9 rings (SSSR count). The van der Waals surface area contributed by atoms with Gasteiger partial charge in [0.2, 0.25) is 0 Å². The van der Waals surface area contributed by atoms with Crippen molar-refractivity contribution in [2.75, 3.05) is 26.9 Å². The highest BCUT2D eigenvalue weighted by atomic mass is 32.3. The first-order valence-corrected chi connectivity index (χ1v) is 31.7. The van der Waals surface area contributed by atoms with Crippen molar-refractivity contribution < 1.29 is 132 Å². The van der Waals surface area contributed by atoms with Gasteiger partial charge in [0.25, 0.3) is 0 Å². The van der Waals surface area contributed by atoms with Gasteiger partial charge in [-0.2, -0.15) is 16.8 Å². The average molecular weight is 1260 g/mol. The molecule has 85 heavy (non-hydrogen) atoms. The van der Waals surface area contributed by atoms with E-state index in [1.807, 2.05) is 20.8 Å². The molecule has 0 amide bonds. The molecule has 4 aliphatic carbocycles. The molecule has 1 spiro atoms. The Morgan fingerprint density at radius 1 is 0.729 bits per heavy atom. The Hall–Kier alpha value is -2.48. The van der Waals surface area contributed by atoms with E-state index in [0.717, 1.165) is 12.7 Å². The first-order valence-electron chi connectivity index (χ1n) is 29.0. The standard InChI is InChI=1S/C55H86O28S2/c1-24(2)12-11-17-54(9)45-30(76-26(4)56)20-53(8)28-13-14-33-51(5,6)34(16-18-52(33,7)27(28)15-19-55(45,53)50(64)82-54)78-49-44(36(59)32(22-73-49)83-85(68,69)70)81-47-38(61)37(60)41(25(3)75-47)79-46-39(62)42(29(57)21-72-46)80-48-40(63)43(71-10)35(58)31(77-48)23-74-84(65,66)67/h12-13,25,27,29-49,57-63H,11,14-23H2,1-10H3,(H,65,66,67)(H,68,69,70)/t25-,27-,29-,30+,31-,32-,33+,34+,35-,36+,37+,38-,39-,40-,41-,42+,43+,44-,45-,46+,47+,48+,49+,52-,53+,54+,55-/m1/s1. The quantitative estimate of drug-likeness (QED) is 0.0511. The molecule has 0 aromatic carbocycles. The second-order valence-electron chi connectivity index (χ2n) is 26.1. The van der Waals surface area contributed by atoms with Gasteiger partial charge >= 0.3 is 32.7 Å². The third kappa shape index (κ3) is 12.4. The molecule has 8 fully saturated rings. The largest absolute Gasteiger partial charge is 0.462 e. The van der Waals surface area contributed by atoms with E-state index < -0.39 is 191 Å². The van der Waals surface area contributed by atoms with E-state index in [4.69, 9.17) is 60.8 Å². The van der Waals surface area contributed by atoms with Gasteiger partial charge in [0, 0.05) is 19.4 Å². The Labute approximate surface area is 494 Å². The fraction of sp³-hybridized carbons (Fsp3) is 0.891. The number of hydrogen-bond donors (Lipinski definition) is 9. The molecule has 27 atom stereocenters. The van der Waals surface area contributed by atoms with Crippen LogP contribution in [-0.4, -0.2) is 229 Å². The zero-order chi connectivity index (χ0) is 62.5. The van der Waals surface area contributed by atoms with Crippen LogP contribution in [0.1, 0.15) is 114 Å².